The van der Waals surface area contributed by atoms with Crippen LogP contribution in [0.4, 0.5) is 13.2 Å². The van der Waals surface area contributed by atoms with Crippen molar-refractivity contribution in [1.29, 1.82) is 0 Å². The highest BCUT2D eigenvalue weighted by molar-refractivity contribution is 5.78. The predicted octanol–water partition coefficient (Wildman–Crippen LogP) is 2.91. The summed E-state index contributed by atoms with van der Waals surface area (Å²) >= 11 is 0. The maximum atomic E-state index is 12.5. The maximum Gasteiger partial charge on any atom is 0.416 e. The average molecular weight is 289 g/mol. The molecule has 1 atom stereocenters. The van der Waals surface area contributed by atoms with Crippen molar-refractivity contribution in [3.05, 3.63) is 34.9 Å². The number of aryl methyl sites for hydroxylation is 1. The number of hydrogen-bond donors (Lipinski definition) is 1. The van der Waals surface area contributed by atoms with Crippen LogP contribution in [0.25, 0.3) is 0 Å². The predicted molar refractivity (Wildman–Crippen MR) is 69.1 cm³/mol. The fraction of sp³-hybridized carbons (Fsp3) is 0.500. The van der Waals surface area contributed by atoms with E-state index < -0.39 is 11.7 Å². The molecule has 0 aliphatic rings. The van der Waals surface area contributed by atoms with Crippen molar-refractivity contribution >= 4 is 5.91 Å². The Bertz CT molecular complexity index is 472. The molecular weight excluding hydrogens is 271 g/mol. The number of halogens is 3. The minimum atomic E-state index is -4.35. The minimum Gasteiger partial charge on any atom is -0.384 e. The molecule has 0 heterocycles. The minimum absolute atomic E-state index is 0.189. The SMILES string of the molecule is COC[C@H](C)C(=O)NCc1ccc(C(F)(F)F)cc1C. The molecule has 0 fully saturated rings. The summed E-state index contributed by atoms with van der Waals surface area (Å²) in [5.41, 5.74) is 0.480. The number of methoxy groups -OCH3 is 1. The van der Waals surface area contributed by atoms with E-state index in [1.54, 1.807) is 13.8 Å². The second-order valence-corrected chi connectivity index (χ2v) is 4.71. The van der Waals surface area contributed by atoms with Crippen molar-refractivity contribution < 1.29 is 22.7 Å². The standard InChI is InChI=1S/C14H18F3NO2/c1-9-6-12(14(15,16)17)5-4-11(9)7-18-13(19)10(2)8-20-3/h4-6,10H,7-8H2,1-3H3,(H,18,19)/t10-/m0/s1. The number of hydrogen-bond acceptors (Lipinski definition) is 2. The zero-order valence-electron chi connectivity index (χ0n) is 11.7. The highest BCUT2D eigenvalue weighted by Crippen LogP contribution is 2.30. The zero-order valence-corrected chi connectivity index (χ0v) is 11.7. The van der Waals surface area contributed by atoms with Crippen molar-refractivity contribution in [2.45, 2.75) is 26.6 Å². The normalized spacial score (nSPS) is 13.1. The van der Waals surface area contributed by atoms with Crippen LogP contribution in [0.15, 0.2) is 18.2 Å². The van der Waals surface area contributed by atoms with Crippen LogP contribution in [0, 0.1) is 12.8 Å². The van der Waals surface area contributed by atoms with Crippen molar-refractivity contribution in [2.75, 3.05) is 13.7 Å². The van der Waals surface area contributed by atoms with E-state index in [1.807, 2.05) is 0 Å². The molecule has 0 saturated heterocycles. The van der Waals surface area contributed by atoms with Crippen molar-refractivity contribution in [1.82, 2.24) is 5.32 Å². The van der Waals surface area contributed by atoms with Crippen molar-refractivity contribution in [2.24, 2.45) is 5.92 Å². The second-order valence-electron chi connectivity index (χ2n) is 4.71. The van der Waals surface area contributed by atoms with Gasteiger partial charge in [-0.25, -0.2) is 0 Å². The van der Waals surface area contributed by atoms with E-state index in [0.29, 0.717) is 17.7 Å². The molecule has 6 heteroatoms. The number of carbonyl (C=O) groups is 1. The lowest BCUT2D eigenvalue weighted by atomic mass is 10.0. The van der Waals surface area contributed by atoms with Gasteiger partial charge in [-0.1, -0.05) is 13.0 Å². The number of carbonyl (C=O) groups excluding carboxylic acids is 1. The third-order valence-corrected chi connectivity index (χ3v) is 2.99. The van der Waals surface area contributed by atoms with Gasteiger partial charge in [-0.2, -0.15) is 13.2 Å². The van der Waals surface area contributed by atoms with E-state index >= 15 is 0 Å². The van der Waals surface area contributed by atoms with Crippen LogP contribution >= 0.6 is 0 Å². The van der Waals surface area contributed by atoms with Crippen LogP contribution in [-0.2, 0) is 22.3 Å². The molecule has 0 unspecified atom stereocenters. The number of benzene rings is 1. The van der Waals surface area contributed by atoms with Gasteiger partial charge in [0.25, 0.3) is 0 Å². The highest BCUT2D eigenvalue weighted by atomic mass is 19.4. The van der Waals surface area contributed by atoms with Crippen LogP contribution in [0.1, 0.15) is 23.6 Å². The third kappa shape index (κ3) is 4.52. The second kappa shape index (κ2) is 6.74. The molecule has 0 radical (unpaired) electrons. The molecule has 0 aliphatic carbocycles. The number of amides is 1. The molecule has 1 aromatic rings. The molecule has 0 bridgehead atoms. The molecule has 0 aliphatic heterocycles. The van der Waals surface area contributed by atoms with E-state index in [0.717, 1.165) is 12.1 Å². The summed E-state index contributed by atoms with van der Waals surface area (Å²) in [7, 11) is 1.50. The fourth-order valence-corrected chi connectivity index (χ4v) is 1.75. The quantitative estimate of drug-likeness (QED) is 0.905. The Morgan fingerprint density at radius 1 is 1.40 bits per heavy atom. The molecular formula is C14H18F3NO2. The van der Waals surface area contributed by atoms with Crippen LogP contribution in [0.2, 0.25) is 0 Å². The van der Waals surface area contributed by atoms with Crippen LogP contribution in [0.5, 0.6) is 0 Å². The monoisotopic (exact) mass is 289 g/mol. The average Bonchev–Trinajstić information content (AvgIpc) is 2.36. The maximum absolute atomic E-state index is 12.5. The van der Waals surface area contributed by atoms with Gasteiger partial charge in [0.1, 0.15) is 0 Å². The van der Waals surface area contributed by atoms with Crippen molar-refractivity contribution in [3.63, 3.8) is 0 Å². The van der Waals surface area contributed by atoms with Gasteiger partial charge in [0.15, 0.2) is 0 Å². The molecule has 0 aromatic heterocycles. The summed E-state index contributed by atoms with van der Waals surface area (Å²) in [4.78, 5) is 11.7. The number of nitrogens with one attached hydrogen (secondary N) is 1. The smallest absolute Gasteiger partial charge is 0.384 e. The molecule has 0 saturated carbocycles. The molecule has 3 nitrogen and oxygen atoms in total. The summed E-state index contributed by atoms with van der Waals surface area (Å²) in [6, 6.07) is 3.49. The first kappa shape index (κ1) is 16.5. The first-order valence-corrected chi connectivity index (χ1v) is 6.19. The molecule has 1 rings (SSSR count). The van der Waals surface area contributed by atoms with E-state index in [1.165, 1.54) is 13.2 Å². The number of rotatable bonds is 5. The van der Waals surface area contributed by atoms with Gasteiger partial charge in [0, 0.05) is 13.7 Å². The Hall–Kier alpha value is -1.56. The van der Waals surface area contributed by atoms with Gasteiger partial charge >= 0.3 is 6.18 Å². The summed E-state index contributed by atoms with van der Waals surface area (Å²) in [6.07, 6.45) is -4.35. The van der Waals surface area contributed by atoms with Gasteiger partial charge in [-0.05, 0) is 30.2 Å². The van der Waals surface area contributed by atoms with Crippen LogP contribution in [-0.4, -0.2) is 19.6 Å². The first-order valence-electron chi connectivity index (χ1n) is 6.19. The van der Waals surface area contributed by atoms with Gasteiger partial charge in [-0.15, -0.1) is 0 Å². The largest absolute Gasteiger partial charge is 0.416 e. The highest BCUT2D eigenvalue weighted by Gasteiger charge is 2.30. The lowest BCUT2D eigenvalue weighted by Gasteiger charge is -2.14. The lowest BCUT2D eigenvalue weighted by Crippen LogP contribution is -2.31. The van der Waals surface area contributed by atoms with Crippen LogP contribution < -0.4 is 5.32 Å². The van der Waals surface area contributed by atoms with Crippen LogP contribution in [0.3, 0.4) is 0 Å². The number of ether oxygens (including phenoxy) is 1. The van der Waals surface area contributed by atoms with E-state index in [-0.39, 0.29) is 18.4 Å². The fourth-order valence-electron chi connectivity index (χ4n) is 1.75. The topological polar surface area (TPSA) is 38.3 Å². The summed E-state index contributed by atoms with van der Waals surface area (Å²) in [5.74, 6) is -0.485. The molecule has 112 valence electrons. The van der Waals surface area contributed by atoms with E-state index in [9.17, 15) is 18.0 Å². The lowest BCUT2D eigenvalue weighted by molar-refractivity contribution is -0.137. The van der Waals surface area contributed by atoms with Gasteiger partial charge in [0.05, 0.1) is 18.1 Å². The Morgan fingerprint density at radius 3 is 2.55 bits per heavy atom. The molecule has 20 heavy (non-hydrogen) atoms. The summed E-state index contributed by atoms with van der Waals surface area (Å²) < 4.78 is 42.4. The molecule has 1 amide bonds. The summed E-state index contributed by atoms with van der Waals surface area (Å²) in [5, 5.41) is 2.68. The molecule has 1 aromatic carbocycles. The van der Waals surface area contributed by atoms with Gasteiger partial charge < -0.3 is 10.1 Å². The van der Waals surface area contributed by atoms with E-state index in [4.69, 9.17) is 4.74 Å². The molecule has 0 spiro atoms. The molecule has 1 N–H and O–H groups in total. The van der Waals surface area contributed by atoms with Gasteiger partial charge in [-0.3, -0.25) is 4.79 Å². The third-order valence-electron chi connectivity index (χ3n) is 2.99. The Morgan fingerprint density at radius 2 is 2.05 bits per heavy atom. The Kier molecular flexibility index (Phi) is 5.56. The number of alkyl halides is 3. The Balaban J connectivity index is 2.68. The summed E-state index contributed by atoms with van der Waals surface area (Å²) in [6.45, 7) is 3.82. The zero-order chi connectivity index (χ0) is 15.3. The Labute approximate surface area is 116 Å². The van der Waals surface area contributed by atoms with Crippen molar-refractivity contribution in [3.8, 4) is 0 Å². The van der Waals surface area contributed by atoms with Gasteiger partial charge in [0.2, 0.25) is 5.91 Å². The first-order chi connectivity index (χ1) is 9.25. The van der Waals surface area contributed by atoms with E-state index in [2.05, 4.69) is 5.32 Å².